The maximum absolute atomic E-state index is 12.4. The van der Waals surface area contributed by atoms with Crippen molar-refractivity contribution in [2.24, 2.45) is 0 Å². The second-order valence-electron chi connectivity index (χ2n) is 6.16. The fourth-order valence-corrected chi connectivity index (χ4v) is 3.09. The molecule has 6 heteroatoms. The maximum Gasteiger partial charge on any atom is 0.256 e. The molecule has 2 aromatic rings. The molecule has 23 heavy (non-hydrogen) atoms. The van der Waals surface area contributed by atoms with Crippen molar-refractivity contribution in [2.75, 3.05) is 6.54 Å². The van der Waals surface area contributed by atoms with Crippen molar-refractivity contribution >= 4 is 17.5 Å². The van der Waals surface area contributed by atoms with Crippen molar-refractivity contribution in [1.29, 1.82) is 0 Å². The fraction of sp³-hybridized carbons (Fsp3) is 0.412. The molecule has 0 spiro atoms. The van der Waals surface area contributed by atoms with E-state index in [1.807, 2.05) is 30.3 Å². The van der Waals surface area contributed by atoms with Crippen LogP contribution in [0.2, 0.25) is 5.15 Å². The van der Waals surface area contributed by atoms with E-state index in [1.165, 1.54) is 0 Å². The zero-order valence-corrected chi connectivity index (χ0v) is 13.8. The number of aromatic nitrogens is 2. The standard InChI is InChI=1S/C17H20ClN3O2/c1-12-14(16(22)19-11-17(23)8-5-9-17)15(18)21(20-12)10-13-6-3-2-4-7-13/h2-4,6-7,23H,5,8-11H2,1H3,(H,19,22). The third kappa shape index (κ3) is 3.41. The van der Waals surface area contributed by atoms with Gasteiger partial charge in [0.1, 0.15) is 5.15 Å². The van der Waals surface area contributed by atoms with Gasteiger partial charge in [-0.3, -0.25) is 4.79 Å². The number of rotatable bonds is 5. The van der Waals surface area contributed by atoms with E-state index in [0.29, 0.717) is 23.0 Å². The molecular formula is C17H20ClN3O2. The Labute approximate surface area is 140 Å². The molecule has 0 radical (unpaired) electrons. The monoisotopic (exact) mass is 333 g/mol. The minimum Gasteiger partial charge on any atom is -0.388 e. The molecule has 1 aliphatic carbocycles. The Kier molecular flexibility index (Phi) is 4.41. The summed E-state index contributed by atoms with van der Waals surface area (Å²) in [4.78, 5) is 12.4. The lowest BCUT2D eigenvalue weighted by atomic mass is 9.80. The third-order valence-electron chi connectivity index (χ3n) is 4.33. The van der Waals surface area contributed by atoms with Crippen molar-refractivity contribution < 1.29 is 9.90 Å². The summed E-state index contributed by atoms with van der Waals surface area (Å²) in [7, 11) is 0. The summed E-state index contributed by atoms with van der Waals surface area (Å²) >= 11 is 6.35. The number of carbonyl (C=O) groups is 1. The number of benzene rings is 1. The summed E-state index contributed by atoms with van der Waals surface area (Å²) in [6.07, 6.45) is 2.46. The van der Waals surface area contributed by atoms with Gasteiger partial charge in [0.2, 0.25) is 0 Å². The summed E-state index contributed by atoms with van der Waals surface area (Å²) in [5.74, 6) is -0.285. The van der Waals surface area contributed by atoms with Gasteiger partial charge in [0.25, 0.3) is 5.91 Å². The first-order chi connectivity index (χ1) is 11.0. The highest BCUT2D eigenvalue weighted by Crippen LogP contribution is 2.31. The molecular weight excluding hydrogens is 314 g/mol. The normalized spacial score (nSPS) is 16.0. The molecule has 2 N–H and O–H groups in total. The number of halogens is 1. The minimum atomic E-state index is -0.754. The molecule has 1 aromatic heterocycles. The Morgan fingerprint density at radius 3 is 2.70 bits per heavy atom. The Bertz CT molecular complexity index is 708. The molecule has 1 amide bonds. The molecule has 122 valence electrons. The number of aryl methyl sites for hydroxylation is 1. The highest BCUT2D eigenvalue weighted by Gasteiger charge is 2.35. The predicted octanol–water partition coefficient (Wildman–Crippen LogP) is 2.54. The van der Waals surface area contributed by atoms with Gasteiger partial charge in [-0.05, 0) is 31.7 Å². The van der Waals surface area contributed by atoms with Gasteiger partial charge in [0.05, 0.1) is 23.4 Å². The van der Waals surface area contributed by atoms with Crippen molar-refractivity contribution in [3.05, 3.63) is 52.3 Å². The predicted molar refractivity (Wildman–Crippen MR) is 88.7 cm³/mol. The van der Waals surface area contributed by atoms with Crippen molar-refractivity contribution in [3.63, 3.8) is 0 Å². The van der Waals surface area contributed by atoms with E-state index >= 15 is 0 Å². The summed E-state index contributed by atoms with van der Waals surface area (Å²) < 4.78 is 1.62. The van der Waals surface area contributed by atoms with Gasteiger partial charge in [-0.25, -0.2) is 4.68 Å². The summed E-state index contributed by atoms with van der Waals surface area (Å²) in [5, 5.41) is 17.5. The van der Waals surface area contributed by atoms with Crippen molar-refractivity contribution in [1.82, 2.24) is 15.1 Å². The lowest BCUT2D eigenvalue weighted by Crippen LogP contribution is -2.47. The van der Waals surface area contributed by atoms with Crippen LogP contribution in [0.3, 0.4) is 0 Å². The van der Waals surface area contributed by atoms with Crippen LogP contribution in [0.5, 0.6) is 0 Å². The van der Waals surface area contributed by atoms with E-state index < -0.39 is 5.60 Å². The number of nitrogens with one attached hydrogen (secondary N) is 1. The van der Waals surface area contributed by atoms with Crippen LogP contribution >= 0.6 is 11.6 Å². The molecule has 5 nitrogen and oxygen atoms in total. The van der Waals surface area contributed by atoms with Crippen LogP contribution in [0, 0.1) is 6.92 Å². The van der Waals surface area contributed by atoms with Crippen molar-refractivity contribution in [3.8, 4) is 0 Å². The molecule has 0 atom stereocenters. The Hall–Kier alpha value is -1.85. The molecule has 0 aliphatic heterocycles. The third-order valence-corrected chi connectivity index (χ3v) is 4.71. The van der Waals surface area contributed by atoms with Gasteiger partial charge >= 0.3 is 0 Å². The Morgan fingerprint density at radius 2 is 2.09 bits per heavy atom. The van der Waals surface area contributed by atoms with Gasteiger partial charge in [-0.15, -0.1) is 0 Å². The van der Waals surface area contributed by atoms with Crippen LogP contribution in [-0.2, 0) is 6.54 Å². The molecule has 1 saturated carbocycles. The molecule has 1 aromatic carbocycles. The van der Waals surface area contributed by atoms with Gasteiger partial charge in [0, 0.05) is 6.54 Å². The fourth-order valence-electron chi connectivity index (χ4n) is 2.77. The van der Waals surface area contributed by atoms with Gasteiger partial charge in [0.15, 0.2) is 0 Å². The SMILES string of the molecule is Cc1nn(Cc2ccccc2)c(Cl)c1C(=O)NCC1(O)CCC1. The van der Waals surface area contributed by atoms with Crippen LogP contribution in [0.4, 0.5) is 0 Å². The van der Waals surface area contributed by atoms with Crippen LogP contribution in [0.15, 0.2) is 30.3 Å². The number of hydrogen-bond donors (Lipinski definition) is 2. The number of nitrogens with zero attached hydrogens (tertiary/aromatic N) is 2. The van der Waals surface area contributed by atoms with Crippen LogP contribution in [-0.4, -0.2) is 32.9 Å². The first kappa shape index (κ1) is 16.0. The largest absolute Gasteiger partial charge is 0.388 e. The first-order valence-electron chi connectivity index (χ1n) is 7.76. The van der Waals surface area contributed by atoms with Gasteiger partial charge < -0.3 is 10.4 Å². The zero-order chi connectivity index (χ0) is 16.4. The highest BCUT2D eigenvalue weighted by atomic mass is 35.5. The quantitative estimate of drug-likeness (QED) is 0.883. The minimum absolute atomic E-state index is 0.255. The van der Waals surface area contributed by atoms with Crippen LogP contribution in [0.25, 0.3) is 0 Å². The number of carbonyl (C=O) groups excluding carboxylic acids is 1. The van der Waals surface area contributed by atoms with E-state index in [9.17, 15) is 9.90 Å². The highest BCUT2D eigenvalue weighted by molar-refractivity contribution is 6.33. The van der Waals surface area contributed by atoms with E-state index in [0.717, 1.165) is 24.8 Å². The summed E-state index contributed by atoms with van der Waals surface area (Å²) in [5.41, 5.74) is 1.28. The van der Waals surface area contributed by atoms with E-state index in [-0.39, 0.29) is 12.5 Å². The number of aliphatic hydroxyl groups is 1. The molecule has 0 unspecified atom stereocenters. The second-order valence-corrected chi connectivity index (χ2v) is 6.51. The molecule has 1 aliphatic rings. The molecule has 3 rings (SSSR count). The number of amides is 1. The topological polar surface area (TPSA) is 67.2 Å². The van der Waals surface area contributed by atoms with Crippen molar-refractivity contribution in [2.45, 2.75) is 38.3 Å². The second kappa shape index (κ2) is 6.34. The van der Waals surface area contributed by atoms with Crippen LogP contribution in [0.1, 0.15) is 40.9 Å². The van der Waals surface area contributed by atoms with Gasteiger partial charge in [-0.1, -0.05) is 41.9 Å². The summed E-state index contributed by atoms with van der Waals surface area (Å²) in [6, 6.07) is 9.82. The first-order valence-corrected chi connectivity index (χ1v) is 8.14. The number of hydrogen-bond acceptors (Lipinski definition) is 3. The van der Waals surface area contributed by atoms with Gasteiger partial charge in [-0.2, -0.15) is 5.10 Å². The molecule has 1 fully saturated rings. The Balaban J connectivity index is 1.73. The van der Waals surface area contributed by atoms with E-state index in [2.05, 4.69) is 10.4 Å². The maximum atomic E-state index is 12.4. The Morgan fingerprint density at radius 1 is 1.39 bits per heavy atom. The van der Waals surface area contributed by atoms with Crippen LogP contribution < -0.4 is 5.32 Å². The molecule has 1 heterocycles. The average molecular weight is 334 g/mol. The smallest absolute Gasteiger partial charge is 0.256 e. The van der Waals surface area contributed by atoms with E-state index in [4.69, 9.17) is 11.6 Å². The van der Waals surface area contributed by atoms with E-state index in [1.54, 1.807) is 11.6 Å². The zero-order valence-electron chi connectivity index (χ0n) is 13.1. The molecule has 0 saturated heterocycles. The lowest BCUT2D eigenvalue weighted by Gasteiger charge is -2.36. The molecule has 0 bridgehead atoms. The lowest BCUT2D eigenvalue weighted by molar-refractivity contribution is -0.0300. The average Bonchev–Trinajstić information content (AvgIpc) is 2.78. The summed E-state index contributed by atoms with van der Waals surface area (Å²) in [6.45, 7) is 2.53.